The molecule has 0 aliphatic heterocycles. The molecule has 1 N–H and O–H groups in total. The summed E-state index contributed by atoms with van der Waals surface area (Å²) in [5, 5.41) is 2.87. The number of ether oxygens (including phenoxy) is 1. The largest absolute Gasteiger partial charge is 0.457 e. The zero-order valence-corrected chi connectivity index (χ0v) is 17.1. The molecule has 0 aliphatic rings. The summed E-state index contributed by atoms with van der Waals surface area (Å²) >= 11 is 0. The standard InChI is InChI=1S/C22H27FN2O3/c1-15-11-19(23)12-16(2)21(15)24-22(27)17(3)25(4,5)13-20(26)28-14-18-9-7-6-8-10-18/h6-12,17H,13-14H2,1-5H3/p+1. The van der Waals surface area contributed by atoms with Gasteiger partial charge in [-0.1, -0.05) is 30.3 Å². The van der Waals surface area contributed by atoms with Crippen LogP contribution in [0.2, 0.25) is 0 Å². The maximum Gasteiger partial charge on any atom is 0.362 e. The number of likely N-dealkylation sites (N-methyl/N-ethyl adjacent to an activating group) is 1. The van der Waals surface area contributed by atoms with E-state index in [1.165, 1.54) is 12.1 Å². The normalized spacial score (nSPS) is 12.4. The number of quaternary nitrogens is 1. The molecule has 6 heteroatoms. The number of anilines is 1. The molecule has 0 fully saturated rings. The Hall–Kier alpha value is -2.73. The summed E-state index contributed by atoms with van der Waals surface area (Å²) in [5.41, 5.74) is 2.83. The van der Waals surface area contributed by atoms with Crippen LogP contribution < -0.4 is 5.32 Å². The van der Waals surface area contributed by atoms with Gasteiger partial charge in [0.05, 0.1) is 14.1 Å². The predicted octanol–water partition coefficient (Wildman–Crippen LogP) is 3.59. The van der Waals surface area contributed by atoms with Crippen molar-refractivity contribution < 1.29 is 23.2 Å². The number of esters is 1. The number of nitrogens with one attached hydrogen (secondary N) is 1. The molecule has 1 atom stereocenters. The van der Waals surface area contributed by atoms with E-state index >= 15 is 0 Å². The van der Waals surface area contributed by atoms with Crippen LogP contribution in [-0.2, 0) is 20.9 Å². The molecule has 0 radical (unpaired) electrons. The molecule has 1 unspecified atom stereocenters. The highest BCUT2D eigenvalue weighted by molar-refractivity contribution is 5.95. The monoisotopic (exact) mass is 387 g/mol. The first-order valence-electron chi connectivity index (χ1n) is 9.20. The van der Waals surface area contributed by atoms with Gasteiger partial charge in [0.25, 0.3) is 5.91 Å². The van der Waals surface area contributed by atoms with E-state index in [0.29, 0.717) is 16.8 Å². The summed E-state index contributed by atoms with van der Waals surface area (Å²) in [6.07, 6.45) is 0. The van der Waals surface area contributed by atoms with Gasteiger partial charge < -0.3 is 14.5 Å². The van der Waals surface area contributed by atoms with Crippen molar-refractivity contribution in [1.29, 1.82) is 0 Å². The first-order valence-corrected chi connectivity index (χ1v) is 9.20. The number of carbonyl (C=O) groups excluding carboxylic acids is 2. The fourth-order valence-electron chi connectivity index (χ4n) is 2.91. The van der Waals surface area contributed by atoms with Crippen molar-refractivity contribution in [2.24, 2.45) is 0 Å². The fourth-order valence-corrected chi connectivity index (χ4v) is 2.91. The SMILES string of the molecule is Cc1cc(F)cc(C)c1NC(=O)C(C)[N+](C)(C)CC(=O)OCc1ccccc1. The Bertz CT molecular complexity index is 827. The van der Waals surface area contributed by atoms with E-state index in [0.717, 1.165) is 5.56 Å². The van der Waals surface area contributed by atoms with Gasteiger partial charge in [0, 0.05) is 5.69 Å². The molecule has 0 saturated carbocycles. The smallest absolute Gasteiger partial charge is 0.362 e. The van der Waals surface area contributed by atoms with E-state index in [1.807, 2.05) is 30.3 Å². The summed E-state index contributed by atoms with van der Waals surface area (Å²) in [6.45, 7) is 5.51. The van der Waals surface area contributed by atoms with Gasteiger partial charge in [0.2, 0.25) is 0 Å². The number of rotatable bonds is 7. The van der Waals surface area contributed by atoms with Crippen molar-refractivity contribution in [3.8, 4) is 0 Å². The molecular formula is C22H28FN2O3+. The number of amides is 1. The molecule has 0 aliphatic carbocycles. The van der Waals surface area contributed by atoms with Gasteiger partial charge in [0.1, 0.15) is 12.4 Å². The number of nitrogens with zero attached hydrogens (tertiary/aromatic N) is 1. The van der Waals surface area contributed by atoms with Gasteiger partial charge in [0.15, 0.2) is 12.6 Å². The number of carbonyl (C=O) groups is 2. The number of benzene rings is 2. The van der Waals surface area contributed by atoms with E-state index in [-0.39, 0.29) is 35.3 Å². The highest BCUT2D eigenvalue weighted by atomic mass is 19.1. The summed E-state index contributed by atoms with van der Waals surface area (Å²) in [4.78, 5) is 25.0. The van der Waals surface area contributed by atoms with Crippen molar-refractivity contribution in [3.63, 3.8) is 0 Å². The first-order chi connectivity index (χ1) is 13.1. The summed E-state index contributed by atoms with van der Waals surface area (Å²) in [7, 11) is 3.61. The van der Waals surface area contributed by atoms with Crippen molar-refractivity contribution in [2.45, 2.75) is 33.4 Å². The van der Waals surface area contributed by atoms with Crippen LogP contribution >= 0.6 is 0 Å². The van der Waals surface area contributed by atoms with Crippen LogP contribution in [0.1, 0.15) is 23.6 Å². The number of aryl methyl sites for hydroxylation is 2. The summed E-state index contributed by atoms with van der Waals surface area (Å²) in [6, 6.07) is 11.7. The van der Waals surface area contributed by atoms with Crippen molar-refractivity contribution in [2.75, 3.05) is 26.0 Å². The molecule has 2 rings (SSSR count). The Morgan fingerprint density at radius 2 is 1.68 bits per heavy atom. The van der Waals surface area contributed by atoms with Crippen LogP contribution in [-0.4, -0.2) is 43.0 Å². The van der Waals surface area contributed by atoms with E-state index < -0.39 is 6.04 Å². The molecule has 1 amide bonds. The van der Waals surface area contributed by atoms with Gasteiger partial charge in [-0.05, 0) is 49.6 Å². The highest BCUT2D eigenvalue weighted by Crippen LogP contribution is 2.22. The molecule has 5 nitrogen and oxygen atoms in total. The lowest BCUT2D eigenvalue weighted by Gasteiger charge is -2.34. The van der Waals surface area contributed by atoms with Crippen LogP contribution in [0, 0.1) is 19.7 Å². The number of halogens is 1. The highest BCUT2D eigenvalue weighted by Gasteiger charge is 2.33. The third kappa shape index (κ3) is 5.63. The van der Waals surface area contributed by atoms with Crippen LogP contribution in [0.4, 0.5) is 10.1 Å². The van der Waals surface area contributed by atoms with Crippen molar-refractivity contribution >= 4 is 17.6 Å². The minimum atomic E-state index is -0.506. The lowest BCUT2D eigenvalue weighted by Crippen LogP contribution is -2.55. The number of hydrogen-bond donors (Lipinski definition) is 1. The molecule has 150 valence electrons. The topological polar surface area (TPSA) is 55.4 Å². The molecule has 0 bridgehead atoms. The van der Waals surface area contributed by atoms with Crippen LogP contribution in [0.3, 0.4) is 0 Å². The average molecular weight is 387 g/mol. The Morgan fingerprint density at radius 3 is 2.25 bits per heavy atom. The Labute approximate surface area is 165 Å². The molecule has 0 heterocycles. The van der Waals surface area contributed by atoms with Gasteiger partial charge in [-0.25, -0.2) is 9.18 Å². The first kappa shape index (κ1) is 21.6. The van der Waals surface area contributed by atoms with Gasteiger partial charge in [-0.15, -0.1) is 0 Å². The maximum absolute atomic E-state index is 13.5. The van der Waals surface area contributed by atoms with Gasteiger partial charge in [-0.3, -0.25) is 4.79 Å². The maximum atomic E-state index is 13.5. The van der Waals surface area contributed by atoms with Crippen molar-refractivity contribution in [1.82, 2.24) is 0 Å². The quantitative estimate of drug-likeness (QED) is 0.584. The van der Waals surface area contributed by atoms with Crippen LogP contribution in [0.15, 0.2) is 42.5 Å². The third-order valence-corrected chi connectivity index (χ3v) is 4.95. The Morgan fingerprint density at radius 1 is 1.11 bits per heavy atom. The van der Waals surface area contributed by atoms with E-state index in [4.69, 9.17) is 4.74 Å². The van der Waals surface area contributed by atoms with Crippen LogP contribution in [0.25, 0.3) is 0 Å². The van der Waals surface area contributed by atoms with E-state index in [2.05, 4.69) is 5.32 Å². The molecule has 2 aromatic rings. The second kappa shape index (κ2) is 8.97. The zero-order valence-electron chi connectivity index (χ0n) is 17.1. The fraction of sp³-hybridized carbons (Fsp3) is 0.364. The molecule has 0 saturated heterocycles. The second-order valence-corrected chi connectivity index (χ2v) is 7.66. The average Bonchev–Trinajstić information content (AvgIpc) is 2.62. The van der Waals surface area contributed by atoms with Gasteiger partial charge in [-0.2, -0.15) is 0 Å². The third-order valence-electron chi connectivity index (χ3n) is 4.95. The second-order valence-electron chi connectivity index (χ2n) is 7.66. The minimum absolute atomic E-state index is 0.0583. The number of hydrogen-bond acceptors (Lipinski definition) is 3. The molecule has 28 heavy (non-hydrogen) atoms. The van der Waals surface area contributed by atoms with Gasteiger partial charge >= 0.3 is 5.97 Å². The van der Waals surface area contributed by atoms with Crippen LogP contribution in [0.5, 0.6) is 0 Å². The summed E-state index contributed by atoms with van der Waals surface area (Å²) < 4.78 is 18.9. The van der Waals surface area contributed by atoms with Crippen molar-refractivity contribution in [3.05, 3.63) is 65.0 Å². The lowest BCUT2D eigenvalue weighted by atomic mass is 10.1. The molecule has 2 aromatic carbocycles. The molecule has 0 aromatic heterocycles. The molecule has 0 spiro atoms. The van der Waals surface area contributed by atoms with E-state index in [1.54, 1.807) is 34.9 Å². The minimum Gasteiger partial charge on any atom is -0.457 e. The zero-order chi connectivity index (χ0) is 20.9. The molecular weight excluding hydrogens is 359 g/mol. The Balaban J connectivity index is 1.98. The predicted molar refractivity (Wildman–Crippen MR) is 107 cm³/mol. The summed E-state index contributed by atoms with van der Waals surface area (Å²) in [5.74, 6) is -0.945. The lowest BCUT2D eigenvalue weighted by molar-refractivity contribution is -0.896. The Kier molecular flexibility index (Phi) is 6.91. The van der Waals surface area contributed by atoms with E-state index in [9.17, 15) is 14.0 Å².